The van der Waals surface area contributed by atoms with Crippen LogP contribution in [0, 0.1) is 0 Å². The lowest BCUT2D eigenvalue weighted by molar-refractivity contribution is 0.0642. The lowest BCUT2D eigenvalue weighted by Crippen LogP contribution is -2.29. The van der Waals surface area contributed by atoms with Gasteiger partial charge in [0.05, 0.1) is 37.4 Å². The van der Waals surface area contributed by atoms with Crippen LogP contribution in [0.5, 0.6) is 11.5 Å². The van der Waals surface area contributed by atoms with Crippen molar-refractivity contribution >= 4 is 17.7 Å². The van der Waals surface area contributed by atoms with Crippen molar-refractivity contribution in [1.82, 2.24) is 10.2 Å². The number of fused-ring (bicyclic) bond motifs is 1. The second kappa shape index (κ2) is 9.79. The van der Waals surface area contributed by atoms with E-state index >= 15 is 0 Å². The quantitative estimate of drug-likeness (QED) is 0.507. The average Bonchev–Trinajstić information content (AvgIpc) is 3.09. The molecule has 0 aromatic heterocycles. The minimum atomic E-state index is -0.325. The van der Waals surface area contributed by atoms with Crippen LogP contribution in [0.25, 0.3) is 0 Å². The molecule has 3 aromatic rings. The summed E-state index contributed by atoms with van der Waals surface area (Å²) in [6.07, 6.45) is 0. The van der Waals surface area contributed by atoms with Crippen LogP contribution in [-0.4, -0.2) is 36.3 Å². The van der Waals surface area contributed by atoms with Gasteiger partial charge in [-0.1, -0.05) is 30.3 Å². The molecule has 174 valence electrons. The highest BCUT2D eigenvalue weighted by molar-refractivity contribution is 6.21. The molecule has 0 fully saturated rings. The number of rotatable bonds is 8. The molecule has 0 saturated carbocycles. The summed E-state index contributed by atoms with van der Waals surface area (Å²) >= 11 is 0. The average molecular weight is 459 g/mol. The van der Waals surface area contributed by atoms with Crippen molar-refractivity contribution in [1.29, 1.82) is 0 Å². The number of methoxy groups -OCH3 is 1. The van der Waals surface area contributed by atoms with E-state index in [2.05, 4.69) is 5.32 Å². The van der Waals surface area contributed by atoms with E-state index in [9.17, 15) is 14.4 Å². The topological polar surface area (TPSA) is 84.9 Å². The summed E-state index contributed by atoms with van der Waals surface area (Å²) in [5, 5.41) is 2.99. The zero-order chi connectivity index (χ0) is 24.2. The molecule has 1 heterocycles. The lowest BCUT2D eigenvalue weighted by atomic mass is 10.1. The molecule has 1 aliphatic rings. The molecule has 0 bridgehead atoms. The van der Waals surface area contributed by atoms with E-state index in [-0.39, 0.29) is 30.3 Å². The Morgan fingerprint density at radius 2 is 1.65 bits per heavy atom. The number of benzene rings is 3. The Balaban J connectivity index is 1.46. The number of imide groups is 1. The van der Waals surface area contributed by atoms with Crippen LogP contribution in [-0.2, 0) is 6.54 Å². The highest BCUT2D eigenvalue weighted by Gasteiger charge is 2.35. The Kier molecular flexibility index (Phi) is 6.63. The van der Waals surface area contributed by atoms with E-state index < -0.39 is 0 Å². The van der Waals surface area contributed by atoms with Crippen LogP contribution >= 0.6 is 0 Å². The molecule has 3 aromatic carbocycles. The fourth-order valence-electron chi connectivity index (χ4n) is 3.97. The number of ether oxygens (including phenoxy) is 2. The van der Waals surface area contributed by atoms with Crippen molar-refractivity contribution < 1.29 is 23.9 Å². The van der Waals surface area contributed by atoms with Gasteiger partial charge >= 0.3 is 0 Å². The largest absolute Gasteiger partial charge is 0.493 e. The minimum absolute atomic E-state index is 0.0963. The van der Waals surface area contributed by atoms with Crippen molar-refractivity contribution in [3.8, 4) is 11.5 Å². The normalized spacial score (nSPS) is 13.4. The number of nitrogens with one attached hydrogen (secondary N) is 1. The van der Waals surface area contributed by atoms with E-state index in [0.717, 1.165) is 5.56 Å². The number of carbonyl (C=O) groups is 3. The van der Waals surface area contributed by atoms with Gasteiger partial charge < -0.3 is 14.8 Å². The van der Waals surface area contributed by atoms with Crippen molar-refractivity contribution in [2.75, 3.05) is 13.7 Å². The highest BCUT2D eigenvalue weighted by Crippen LogP contribution is 2.30. The number of nitrogens with zero attached hydrogens (tertiary/aromatic N) is 1. The second-order valence-electron chi connectivity index (χ2n) is 7.98. The summed E-state index contributed by atoms with van der Waals surface area (Å²) < 4.78 is 11.0. The van der Waals surface area contributed by atoms with E-state index in [1.165, 1.54) is 4.90 Å². The van der Waals surface area contributed by atoms with Gasteiger partial charge in [0.25, 0.3) is 17.7 Å². The molecule has 34 heavy (non-hydrogen) atoms. The zero-order valence-electron chi connectivity index (χ0n) is 19.3. The van der Waals surface area contributed by atoms with Crippen LogP contribution in [0.4, 0.5) is 0 Å². The van der Waals surface area contributed by atoms with Crippen molar-refractivity contribution in [3.05, 3.63) is 94.5 Å². The Labute approximate surface area is 198 Å². The fraction of sp³-hybridized carbons (Fsp3) is 0.222. The van der Waals surface area contributed by atoms with Crippen molar-refractivity contribution in [2.24, 2.45) is 0 Å². The predicted molar refractivity (Wildman–Crippen MR) is 127 cm³/mol. The summed E-state index contributed by atoms with van der Waals surface area (Å²) in [5.41, 5.74) is 2.81. The van der Waals surface area contributed by atoms with Gasteiger partial charge in [-0.2, -0.15) is 0 Å². The molecule has 0 saturated heterocycles. The Morgan fingerprint density at radius 3 is 2.29 bits per heavy atom. The predicted octanol–water partition coefficient (Wildman–Crippen LogP) is 4.38. The minimum Gasteiger partial charge on any atom is -0.493 e. The third-order valence-electron chi connectivity index (χ3n) is 5.74. The maximum absolute atomic E-state index is 12.9. The standard InChI is InChI=1S/C27H26N2O5/c1-4-34-23-13-12-19(15-24(23)33-3)17(2)28-25(30)20-9-7-8-18(14-20)16-29-26(31)21-10-5-6-11-22(21)27(29)32/h5-15,17H,4,16H2,1-3H3,(H,28,30). The number of hydrogen-bond acceptors (Lipinski definition) is 5. The number of hydrogen-bond donors (Lipinski definition) is 1. The Bertz CT molecular complexity index is 1220. The maximum atomic E-state index is 12.9. The third kappa shape index (κ3) is 4.50. The van der Waals surface area contributed by atoms with E-state index in [0.29, 0.717) is 40.4 Å². The van der Waals surface area contributed by atoms with E-state index in [4.69, 9.17) is 9.47 Å². The zero-order valence-corrected chi connectivity index (χ0v) is 19.3. The summed E-state index contributed by atoms with van der Waals surface area (Å²) in [5.74, 6) is 0.336. The molecule has 1 atom stereocenters. The van der Waals surface area contributed by atoms with E-state index in [1.807, 2.05) is 32.0 Å². The van der Waals surface area contributed by atoms with Gasteiger partial charge in [-0.15, -0.1) is 0 Å². The Morgan fingerprint density at radius 1 is 0.941 bits per heavy atom. The summed E-state index contributed by atoms with van der Waals surface area (Å²) in [6.45, 7) is 4.41. The van der Waals surface area contributed by atoms with E-state index in [1.54, 1.807) is 55.6 Å². The first-order valence-corrected chi connectivity index (χ1v) is 11.1. The van der Waals surface area contributed by atoms with Gasteiger partial charge in [-0.25, -0.2) is 0 Å². The van der Waals surface area contributed by atoms with Gasteiger partial charge in [0.2, 0.25) is 0 Å². The molecular weight excluding hydrogens is 432 g/mol. The van der Waals surface area contributed by atoms with Crippen LogP contribution in [0.2, 0.25) is 0 Å². The molecule has 1 N–H and O–H groups in total. The van der Waals surface area contributed by atoms with Crippen molar-refractivity contribution in [2.45, 2.75) is 26.4 Å². The highest BCUT2D eigenvalue weighted by atomic mass is 16.5. The first-order valence-electron chi connectivity index (χ1n) is 11.1. The molecule has 7 nitrogen and oxygen atoms in total. The number of amides is 3. The molecule has 4 rings (SSSR count). The molecule has 0 radical (unpaired) electrons. The molecular formula is C27H26N2O5. The van der Waals surface area contributed by atoms with Gasteiger partial charge in [0.1, 0.15) is 0 Å². The van der Waals surface area contributed by atoms with Gasteiger partial charge in [-0.05, 0) is 61.4 Å². The van der Waals surface area contributed by atoms with Crippen molar-refractivity contribution in [3.63, 3.8) is 0 Å². The van der Waals surface area contributed by atoms with Crippen LogP contribution in [0.1, 0.15) is 62.1 Å². The van der Waals surface area contributed by atoms with Gasteiger partial charge in [-0.3, -0.25) is 19.3 Å². The Hall–Kier alpha value is -4.13. The van der Waals surface area contributed by atoms with Crippen LogP contribution in [0.15, 0.2) is 66.7 Å². The molecule has 1 unspecified atom stereocenters. The van der Waals surface area contributed by atoms with Gasteiger partial charge in [0.15, 0.2) is 11.5 Å². The SMILES string of the molecule is CCOc1ccc(C(C)NC(=O)c2cccc(CN3C(=O)c4ccccc4C3=O)c2)cc1OC. The summed E-state index contributed by atoms with van der Waals surface area (Å²) in [6, 6.07) is 19.0. The molecule has 0 spiro atoms. The second-order valence-corrected chi connectivity index (χ2v) is 7.98. The maximum Gasteiger partial charge on any atom is 0.261 e. The lowest BCUT2D eigenvalue weighted by Gasteiger charge is -2.18. The molecule has 3 amide bonds. The fourth-order valence-corrected chi connectivity index (χ4v) is 3.97. The first kappa shape index (κ1) is 23.0. The van der Waals surface area contributed by atoms with Gasteiger partial charge in [0, 0.05) is 5.56 Å². The molecule has 0 aliphatic carbocycles. The monoisotopic (exact) mass is 458 g/mol. The first-order chi connectivity index (χ1) is 16.4. The summed E-state index contributed by atoms with van der Waals surface area (Å²) in [7, 11) is 1.57. The van der Waals surface area contributed by atoms with Crippen LogP contribution < -0.4 is 14.8 Å². The molecule has 7 heteroatoms. The molecule has 1 aliphatic heterocycles. The van der Waals surface area contributed by atoms with Crippen LogP contribution in [0.3, 0.4) is 0 Å². The summed E-state index contributed by atoms with van der Waals surface area (Å²) in [4.78, 5) is 39.5. The third-order valence-corrected chi connectivity index (χ3v) is 5.74. The smallest absolute Gasteiger partial charge is 0.261 e. The number of carbonyl (C=O) groups excluding carboxylic acids is 3.